The lowest BCUT2D eigenvalue weighted by Gasteiger charge is -2.49. The van der Waals surface area contributed by atoms with Gasteiger partial charge in [0.1, 0.15) is 4.90 Å². The van der Waals surface area contributed by atoms with E-state index in [1.165, 1.54) is 16.7 Å². The smallest absolute Gasteiger partial charge is 0.263 e. The Bertz CT molecular complexity index is 839. The maximum Gasteiger partial charge on any atom is 0.297 e. The topological polar surface area (TPSA) is 43.4 Å². The number of rotatable bonds is 0. The second-order valence-electron chi connectivity index (χ2n) is 8.03. The van der Waals surface area contributed by atoms with Gasteiger partial charge in [0.2, 0.25) is 0 Å². The van der Waals surface area contributed by atoms with Crippen molar-refractivity contribution in [3.05, 3.63) is 27.8 Å². The Hall–Kier alpha value is -0.870. The van der Waals surface area contributed by atoms with E-state index in [0.717, 1.165) is 30.4 Å². The van der Waals surface area contributed by atoms with Gasteiger partial charge in [0.25, 0.3) is 10.1 Å². The predicted molar refractivity (Wildman–Crippen MR) is 83.9 cm³/mol. The molecule has 0 unspecified atom stereocenters. The maximum atomic E-state index is 12.8. The molecular weight excluding hydrogens is 296 g/mol. The van der Waals surface area contributed by atoms with Crippen LogP contribution in [0.15, 0.2) is 4.90 Å². The number of benzene rings is 1. The molecule has 0 bridgehead atoms. The third-order valence-corrected chi connectivity index (χ3v) is 8.35. The Labute approximate surface area is 132 Å². The molecule has 1 saturated carbocycles. The zero-order valence-corrected chi connectivity index (χ0v) is 14.4. The summed E-state index contributed by atoms with van der Waals surface area (Å²) in [6, 6.07) is 0. The Morgan fingerprint density at radius 1 is 1.05 bits per heavy atom. The van der Waals surface area contributed by atoms with Crippen molar-refractivity contribution in [3.8, 4) is 0 Å². The predicted octanol–water partition coefficient (Wildman–Crippen LogP) is 3.39. The van der Waals surface area contributed by atoms with Crippen LogP contribution >= 0.6 is 0 Å². The van der Waals surface area contributed by atoms with Gasteiger partial charge in [-0.05, 0) is 65.3 Å². The van der Waals surface area contributed by atoms with E-state index in [9.17, 15) is 8.42 Å². The summed E-state index contributed by atoms with van der Waals surface area (Å²) in [5.41, 5.74) is 6.55. The number of hydrogen-bond acceptors (Lipinski definition) is 3. The van der Waals surface area contributed by atoms with E-state index in [1.807, 2.05) is 6.92 Å². The van der Waals surface area contributed by atoms with Crippen LogP contribution < -0.4 is 0 Å². The van der Waals surface area contributed by atoms with Crippen molar-refractivity contribution in [3.63, 3.8) is 0 Å². The molecule has 1 aromatic carbocycles. The van der Waals surface area contributed by atoms with E-state index < -0.39 is 10.1 Å². The number of hydrogen-bond donors (Lipinski definition) is 0. The van der Waals surface area contributed by atoms with Crippen molar-refractivity contribution < 1.29 is 12.6 Å². The van der Waals surface area contributed by atoms with Gasteiger partial charge in [-0.3, -0.25) is 4.18 Å². The first-order chi connectivity index (χ1) is 10.3. The normalized spacial score (nSPS) is 42.7. The third kappa shape index (κ3) is 1.24. The molecule has 0 radical (unpaired) electrons. The molecule has 1 fully saturated rings. The van der Waals surface area contributed by atoms with E-state index in [2.05, 4.69) is 20.8 Å². The Morgan fingerprint density at radius 3 is 2.32 bits per heavy atom. The summed E-state index contributed by atoms with van der Waals surface area (Å²) in [6.45, 7) is 8.64. The Balaban J connectivity index is 1.89. The second kappa shape index (κ2) is 3.62. The van der Waals surface area contributed by atoms with Crippen LogP contribution in [0.1, 0.15) is 73.8 Å². The summed E-state index contributed by atoms with van der Waals surface area (Å²) >= 11 is 0. The SMILES string of the molecule is C[C@@H]1Cc2c3c(c4c(c2S(=O)(=O)O1)[C@]1(C[C@@H]1C)[C@H]4C)C[C@H]3C. The van der Waals surface area contributed by atoms with Gasteiger partial charge >= 0.3 is 0 Å². The fourth-order valence-electron chi connectivity index (χ4n) is 5.77. The number of fused-ring (bicyclic) bond motifs is 7. The molecule has 0 saturated heterocycles. The quantitative estimate of drug-likeness (QED) is 0.689. The van der Waals surface area contributed by atoms with Crippen LogP contribution in [-0.2, 0) is 32.6 Å². The summed E-state index contributed by atoms with van der Waals surface area (Å²) < 4.78 is 31.0. The van der Waals surface area contributed by atoms with Crippen molar-refractivity contribution in [2.75, 3.05) is 0 Å². The molecule has 1 spiro atoms. The standard InChI is InChI=1S/C18H22O3S/c1-8-5-12-14(8)13-6-10(3)21-22(19,20)17(13)16-15(12)11(4)18(16)7-9(18)2/h8-11H,5-7H2,1-4H3/t8-,9+,10-,11+,18+/m1/s1. The summed E-state index contributed by atoms with van der Waals surface area (Å²) in [5.74, 6) is 1.61. The van der Waals surface area contributed by atoms with Gasteiger partial charge in [-0.15, -0.1) is 0 Å². The minimum Gasteiger partial charge on any atom is -0.263 e. The Morgan fingerprint density at radius 2 is 1.73 bits per heavy atom. The molecule has 5 atom stereocenters. The van der Waals surface area contributed by atoms with E-state index in [4.69, 9.17) is 4.18 Å². The lowest BCUT2D eigenvalue weighted by atomic mass is 9.57. The molecule has 0 N–H and O–H groups in total. The summed E-state index contributed by atoms with van der Waals surface area (Å²) in [7, 11) is -3.60. The molecule has 3 aliphatic carbocycles. The highest BCUT2D eigenvalue weighted by molar-refractivity contribution is 7.87. The minimum absolute atomic E-state index is 0.129. The van der Waals surface area contributed by atoms with Gasteiger partial charge in [-0.2, -0.15) is 8.42 Å². The molecule has 4 heteroatoms. The minimum atomic E-state index is -3.60. The van der Waals surface area contributed by atoms with Crippen LogP contribution in [0.25, 0.3) is 0 Å². The van der Waals surface area contributed by atoms with Crippen molar-refractivity contribution in [2.45, 2.75) is 75.2 Å². The van der Waals surface area contributed by atoms with Gasteiger partial charge in [0.15, 0.2) is 0 Å². The van der Waals surface area contributed by atoms with E-state index in [1.54, 1.807) is 0 Å². The molecule has 118 valence electrons. The third-order valence-electron chi connectivity index (χ3n) is 6.82. The molecule has 22 heavy (non-hydrogen) atoms. The van der Waals surface area contributed by atoms with Gasteiger partial charge < -0.3 is 0 Å². The van der Waals surface area contributed by atoms with Crippen molar-refractivity contribution in [1.82, 2.24) is 0 Å². The second-order valence-corrected chi connectivity index (χ2v) is 9.54. The molecule has 0 amide bonds. The fraction of sp³-hybridized carbons (Fsp3) is 0.667. The van der Waals surface area contributed by atoms with E-state index >= 15 is 0 Å². The first kappa shape index (κ1) is 13.6. The molecule has 5 rings (SSSR count). The molecule has 1 aromatic rings. The largest absolute Gasteiger partial charge is 0.297 e. The summed E-state index contributed by atoms with van der Waals surface area (Å²) in [6.07, 6.45) is 2.76. The van der Waals surface area contributed by atoms with Crippen molar-refractivity contribution >= 4 is 10.1 Å². The van der Waals surface area contributed by atoms with Gasteiger partial charge in [0, 0.05) is 11.8 Å². The lowest BCUT2D eigenvalue weighted by molar-refractivity contribution is 0.214. The fourth-order valence-corrected chi connectivity index (χ4v) is 7.41. The van der Waals surface area contributed by atoms with E-state index in [-0.39, 0.29) is 11.5 Å². The summed E-state index contributed by atoms with van der Waals surface area (Å²) in [5, 5.41) is 0. The highest BCUT2D eigenvalue weighted by Crippen LogP contribution is 2.73. The first-order valence-corrected chi connectivity index (χ1v) is 9.85. The molecule has 3 nitrogen and oxygen atoms in total. The molecular formula is C18H22O3S. The molecule has 0 aromatic heterocycles. The maximum absolute atomic E-state index is 12.8. The van der Waals surface area contributed by atoms with Crippen LogP contribution in [0.5, 0.6) is 0 Å². The average molecular weight is 318 g/mol. The highest BCUT2D eigenvalue weighted by Gasteiger charge is 2.67. The average Bonchev–Trinajstić information content (AvgIpc) is 3.08. The van der Waals surface area contributed by atoms with Crippen molar-refractivity contribution in [2.24, 2.45) is 5.92 Å². The molecule has 1 aliphatic heterocycles. The van der Waals surface area contributed by atoms with E-state index in [0.29, 0.717) is 22.6 Å². The zero-order chi connectivity index (χ0) is 15.6. The first-order valence-electron chi connectivity index (χ1n) is 8.44. The van der Waals surface area contributed by atoms with Crippen LogP contribution in [-0.4, -0.2) is 14.5 Å². The van der Waals surface area contributed by atoms with Crippen LogP contribution in [0.3, 0.4) is 0 Å². The zero-order valence-electron chi connectivity index (χ0n) is 13.6. The molecule has 1 heterocycles. The van der Waals surface area contributed by atoms with Gasteiger partial charge in [0.05, 0.1) is 6.10 Å². The lowest BCUT2D eigenvalue weighted by Crippen LogP contribution is -2.42. The van der Waals surface area contributed by atoms with Gasteiger partial charge in [-0.1, -0.05) is 20.8 Å². The van der Waals surface area contributed by atoms with Crippen LogP contribution in [0.4, 0.5) is 0 Å². The monoisotopic (exact) mass is 318 g/mol. The van der Waals surface area contributed by atoms with Crippen molar-refractivity contribution in [1.29, 1.82) is 0 Å². The van der Waals surface area contributed by atoms with Crippen LogP contribution in [0, 0.1) is 5.92 Å². The highest BCUT2D eigenvalue weighted by atomic mass is 32.2. The van der Waals surface area contributed by atoms with Gasteiger partial charge in [-0.25, -0.2) is 0 Å². The van der Waals surface area contributed by atoms with Crippen LogP contribution in [0.2, 0.25) is 0 Å². The summed E-state index contributed by atoms with van der Waals surface area (Å²) in [4.78, 5) is 0.577. The molecule has 4 aliphatic rings. The Kier molecular flexibility index (Phi) is 2.23.